The fourth-order valence-corrected chi connectivity index (χ4v) is 1.23. The van der Waals surface area contributed by atoms with Crippen LogP contribution in [0.2, 0.25) is 0 Å². The van der Waals surface area contributed by atoms with Crippen LogP contribution in [0.4, 0.5) is 5.82 Å². The highest BCUT2D eigenvalue weighted by atomic mass is 16.3. The van der Waals surface area contributed by atoms with Crippen molar-refractivity contribution in [1.82, 2.24) is 9.97 Å². The second-order valence-corrected chi connectivity index (χ2v) is 2.71. The second kappa shape index (κ2) is 3.29. The summed E-state index contributed by atoms with van der Waals surface area (Å²) >= 11 is 0. The predicted octanol–water partition coefficient (Wildman–Crippen LogP) is 1.35. The molecule has 0 aliphatic carbocycles. The van der Waals surface area contributed by atoms with Crippen LogP contribution >= 0.6 is 0 Å². The first-order valence-corrected chi connectivity index (χ1v) is 4.00. The van der Waals surface area contributed by atoms with Gasteiger partial charge in [-0.1, -0.05) is 0 Å². The molecule has 0 saturated heterocycles. The maximum absolute atomic E-state index is 9.28. The van der Waals surface area contributed by atoms with Crippen LogP contribution < -0.4 is 5.32 Å². The zero-order valence-corrected chi connectivity index (χ0v) is 7.23. The zero-order valence-electron chi connectivity index (χ0n) is 7.23. The Hall–Kier alpha value is -2.17. The van der Waals surface area contributed by atoms with Crippen LogP contribution in [-0.2, 0) is 0 Å². The molecule has 0 fully saturated rings. The van der Waals surface area contributed by atoms with Gasteiger partial charge in [-0.3, -0.25) is 5.41 Å². The molecule has 2 aromatic rings. The Morgan fingerprint density at radius 2 is 2.21 bits per heavy atom. The van der Waals surface area contributed by atoms with Gasteiger partial charge in [-0.05, 0) is 18.2 Å². The molecule has 0 aliphatic rings. The third-order valence-electron chi connectivity index (χ3n) is 1.83. The number of aromatic nitrogens is 2. The largest absolute Gasteiger partial charge is 0.508 e. The van der Waals surface area contributed by atoms with E-state index in [1.807, 2.05) is 0 Å². The number of rotatable bonds is 2. The summed E-state index contributed by atoms with van der Waals surface area (Å²) in [5.74, 6) is 0.668. The lowest BCUT2D eigenvalue weighted by Gasteiger charge is -2.03. The molecule has 2 rings (SSSR count). The van der Waals surface area contributed by atoms with Crippen molar-refractivity contribution in [3.05, 3.63) is 24.5 Å². The molecule has 5 nitrogen and oxygen atoms in total. The summed E-state index contributed by atoms with van der Waals surface area (Å²) in [5, 5.41) is 19.5. The van der Waals surface area contributed by atoms with E-state index in [0.717, 1.165) is 11.9 Å². The van der Waals surface area contributed by atoms with Crippen molar-refractivity contribution < 1.29 is 5.11 Å². The Kier molecular flexibility index (Phi) is 1.98. The smallest absolute Gasteiger partial charge is 0.142 e. The highest BCUT2D eigenvalue weighted by molar-refractivity contribution is 5.93. The van der Waals surface area contributed by atoms with Gasteiger partial charge in [0.15, 0.2) is 0 Å². The van der Waals surface area contributed by atoms with Crippen LogP contribution in [0.1, 0.15) is 0 Å². The average Bonchev–Trinajstić information content (AvgIpc) is 2.19. The van der Waals surface area contributed by atoms with Crippen molar-refractivity contribution >= 4 is 23.1 Å². The van der Waals surface area contributed by atoms with Gasteiger partial charge in [0.2, 0.25) is 0 Å². The van der Waals surface area contributed by atoms with E-state index in [2.05, 4.69) is 15.3 Å². The van der Waals surface area contributed by atoms with Crippen LogP contribution in [0, 0.1) is 5.41 Å². The van der Waals surface area contributed by atoms with Gasteiger partial charge < -0.3 is 10.4 Å². The number of anilines is 1. The van der Waals surface area contributed by atoms with E-state index in [0.29, 0.717) is 11.2 Å². The molecule has 0 aliphatic heterocycles. The molecular formula is C9H8N4O. The fraction of sp³-hybridized carbons (Fsp3) is 0. The number of benzene rings is 1. The minimum Gasteiger partial charge on any atom is -0.508 e. The average molecular weight is 188 g/mol. The number of aromatic hydroxyl groups is 1. The van der Waals surface area contributed by atoms with Crippen LogP contribution in [0.5, 0.6) is 5.75 Å². The van der Waals surface area contributed by atoms with E-state index in [1.165, 1.54) is 6.33 Å². The number of phenolic OH excluding ortho intramolecular Hbond substituents is 1. The van der Waals surface area contributed by atoms with Crippen LogP contribution in [0.25, 0.3) is 10.9 Å². The first-order chi connectivity index (χ1) is 6.81. The third-order valence-corrected chi connectivity index (χ3v) is 1.83. The Labute approximate surface area is 79.9 Å². The van der Waals surface area contributed by atoms with Crippen molar-refractivity contribution in [2.45, 2.75) is 0 Å². The minimum absolute atomic E-state index is 0.153. The van der Waals surface area contributed by atoms with Crippen molar-refractivity contribution in [1.29, 1.82) is 5.41 Å². The number of fused-ring (bicyclic) bond motifs is 1. The zero-order chi connectivity index (χ0) is 9.97. The molecule has 0 radical (unpaired) electrons. The van der Waals surface area contributed by atoms with Crippen LogP contribution in [-0.4, -0.2) is 21.4 Å². The Morgan fingerprint density at radius 1 is 1.36 bits per heavy atom. The lowest BCUT2D eigenvalue weighted by atomic mass is 10.2. The molecule has 3 N–H and O–H groups in total. The van der Waals surface area contributed by atoms with E-state index >= 15 is 0 Å². The summed E-state index contributed by atoms with van der Waals surface area (Å²) in [6, 6.07) is 4.81. The molecule has 0 saturated carbocycles. The van der Waals surface area contributed by atoms with Gasteiger partial charge in [-0.25, -0.2) is 9.97 Å². The van der Waals surface area contributed by atoms with Crippen molar-refractivity contribution in [3.8, 4) is 5.75 Å². The highest BCUT2D eigenvalue weighted by Crippen LogP contribution is 2.22. The monoisotopic (exact) mass is 188 g/mol. The maximum atomic E-state index is 9.28. The number of hydrogen-bond donors (Lipinski definition) is 3. The Balaban J connectivity index is 2.70. The molecule has 1 aromatic heterocycles. The lowest BCUT2D eigenvalue weighted by molar-refractivity contribution is 0.476. The van der Waals surface area contributed by atoms with Gasteiger partial charge in [-0.15, -0.1) is 0 Å². The maximum Gasteiger partial charge on any atom is 0.142 e. The first kappa shape index (κ1) is 8.43. The van der Waals surface area contributed by atoms with Crippen molar-refractivity contribution in [2.24, 2.45) is 0 Å². The van der Waals surface area contributed by atoms with Gasteiger partial charge in [0.05, 0.1) is 11.9 Å². The number of phenols is 1. The predicted molar refractivity (Wildman–Crippen MR) is 53.6 cm³/mol. The molecule has 0 atom stereocenters. The molecule has 5 heteroatoms. The second-order valence-electron chi connectivity index (χ2n) is 2.71. The van der Waals surface area contributed by atoms with E-state index < -0.39 is 0 Å². The van der Waals surface area contributed by atoms with Crippen molar-refractivity contribution in [2.75, 3.05) is 5.32 Å². The van der Waals surface area contributed by atoms with Gasteiger partial charge in [0.25, 0.3) is 0 Å². The summed E-state index contributed by atoms with van der Waals surface area (Å²) in [6.07, 6.45) is 2.44. The van der Waals surface area contributed by atoms with Crippen LogP contribution in [0.3, 0.4) is 0 Å². The number of nitrogens with one attached hydrogen (secondary N) is 2. The summed E-state index contributed by atoms with van der Waals surface area (Å²) in [5.41, 5.74) is 0.724. The quantitative estimate of drug-likeness (QED) is 0.490. The third kappa shape index (κ3) is 1.35. The Bertz CT molecular complexity index is 483. The van der Waals surface area contributed by atoms with E-state index in [9.17, 15) is 5.11 Å². The summed E-state index contributed by atoms with van der Waals surface area (Å²) in [6.45, 7) is 0. The Morgan fingerprint density at radius 3 is 3.00 bits per heavy atom. The molecule has 0 amide bonds. The SMILES string of the molecule is N=CNc1ncnc2ccc(O)cc12. The fourth-order valence-electron chi connectivity index (χ4n) is 1.23. The standard InChI is InChI=1S/C9H8N4O/c10-4-11-9-7-3-6(14)1-2-8(7)12-5-13-9/h1-5,14H,(H2,10,11,12,13). The lowest BCUT2D eigenvalue weighted by Crippen LogP contribution is -1.97. The summed E-state index contributed by atoms with van der Waals surface area (Å²) in [7, 11) is 0. The van der Waals surface area contributed by atoms with E-state index in [1.54, 1.807) is 18.2 Å². The topological polar surface area (TPSA) is 81.9 Å². The molecule has 0 bridgehead atoms. The molecule has 1 heterocycles. The van der Waals surface area contributed by atoms with Crippen molar-refractivity contribution in [3.63, 3.8) is 0 Å². The van der Waals surface area contributed by atoms with E-state index in [4.69, 9.17) is 5.41 Å². The van der Waals surface area contributed by atoms with E-state index in [-0.39, 0.29) is 5.75 Å². The van der Waals surface area contributed by atoms with Gasteiger partial charge >= 0.3 is 0 Å². The molecular weight excluding hydrogens is 180 g/mol. The minimum atomic E-state index is 0.153. The first-order valence-electron chi connectivity index (χ1n) is 4.00. The normalized spacial score (nSPS) is 10.0. The van der Waals surface area contributed by atoms with Gasteiger partial charge in [0.1, 0.15) is 17.9 Å². The van der Waals surface area contributed by atoms with Gasteiger partial charge in [-0.2, -0.15) is 0 Å². The molecule has 14 heavy (non-hydrogen) atoms. The number of nitrogens with zero attached hydrogens (tertiary/aromatic N) is 2. The summed E-state index contributed by atoms with van der Waals surface area (Å²) in [4.78, 5) is 7.98. The molecule has 1 aromatic carbocycles. The molecule has 70 valence electrons. The van der Waals surface area contributed by atoms with Crippen LogP contribution in [0.15, 0.2) is 24.5 Å². The molecule has 0 unspecified atom stereocenters. The summed E-state index contributed by atoms with van der Waals surface area (Å²) < 4.78 is 0. The molecule has 0 spiro atoms. The number of hydrogen-bond acceptors (Lipinski definition) is 4. The van der Waals surface area contributed by atoms with Gasteiger partial charge in [0, 0.05) is 5.39 Å². The highest BCUT2D eigenvalue weighted by Gasteiger charge is 2.02.